The highest BCUT2D eigenvalue weighted by molar-refractivity contribution is 5.90. The van der Waals surface area contributed by atoms with Crippen LogP contribution in [0.25, 0.3) is 0 Å². The van der Waals surface area contributed by atoms with E-state index in [1.165, 1.54) is 32.7 Å². The molecule has 0 radical (unpaired) electrons. The van der Waals surface area contributed by atoms with E-state index in [9.17, 15) is 4.79 Å². The first-order valence-corrected chi connectivity index (χ1v) is 5.73. The van der Waals surface area contributed by atoms with Gasteiger partial charge in [-0.1, -0.05) is 6.07 Å². The topological polar surface area (TPSA) is 77.9 Å². The predicted molar refractivity (Wildman–Crippen MR) is 70.8 cm³/mol. The third kappa shape index (κ3) is 2.64. The van der Waals surface area contributed by atoms with Gasteiger partial charge in [-0.15, -0.1) is 0 Å². The molecule has 6 heteroatoms. The summed E-state index contributed by atoms with van der Waals surface area (Å²) >= 11 is 0. The molecule has 0 bridgehead atoms. The van der Waals surface area contributed by atoms with Gasteiger partial charge < -0.3 is 19.3 Å². The Hall–Kier alpha value is -2.76. The molecule has 0 aliphatic rings. The lowest BCUT2D eigenvalue weighted by atomic mass is 10.2. The SMILES string of the molecule is COc1cccc(OC)c1Oc1cnccc1C(=O)O. The molecule has 0 atom stereocenters. The Morgan fingerprint density at radius 1 is 1.10 bits per heavy atom. The molecule has 1 aromatic carbocycles. The first kappa shape index (κ1) is 13.7. The van der Waals surface area contributed by atoms with E-state index in [4.69, 9.17) is 19.3 Å². The molecule has 0 saturated carbocycles. The maximum absolute atomic E-state index is 11.2. The van der Waals surface area contributed by atoms with Crippen LogP contribution in [0.5, 0.6) is 23.0 Å². The van der Waals surface area contributed by atoms with Gasteiger partial charge in [0.2, 0.25) is 5.75 Å². The van der Waals surface area contributed by atoms with Crippen LogP contribution in [-0.4, -0.2) is 30.3 Å². The summed E-state index contributed by atoms with van der Waals surface area (Å²) in [6.45, 7) is 0. The molecule has 2 aromatic rings. The zero-order chi connectivity index (χ0) is 14.5. The first-order chi connectivity index (χ1) is 9.67. The number of carboxylic acids is 1. The largest absolute Gasteiger partial charge is 0.493 e. The molecule has 0 aliphatic carbocycles. The molecule has 0 spiro atoms. The highest BCUT2D eigenvalue weighted by atomic mass is 16.5. The van der Waals surface area contributed by atoms with Crippen molar-refractivity contribution in [3.63, 3.8) is 0 Å². The van der Waals surface area contributed by atoms with Crippen LogP contribution in [0, 0.1) is 0 Å². The standard InChI is InChI=1S/C14H13NO5/c1-18-10-4-3-5-11(19-2)13(10)20-12-8-15-7-6-9(12)14(16)17/h3-8H,1-2H3,(H,16,17). The Morgan fingerprint density at radius 3 is 2.30 bits per heavy atom. The third-order valence-corrected chi connectivity index (χ3v) is 2.61. The van der Waals surface area contributed by atoms with Crippen LogP contribution < -0.4 is 14.2 Å². The third-order valence-electron chi connectivity index (χ3n) is 2.61. The summed E-state index contributed by atoms with van der Waals surface area (Å²) in [7, 11) is 2.98. The molecule has 20 heavy (non-hydrogen) atoms. The number of para-hydroxylation sites is 1. The maximum atomic E-state index is 11.2. The summed E-state index contributed by atoms with van der Waals surface area (Å²) in [6.07, 6.45) is 2.71. The minimum atomic E-state index is -1.10. The first-order valence-electron chi connectivity index (χ1n) is 5.73. The Balaban J connectivity index is 2.47. The number of aromatic carboxylic acids is 1. The van der Waals surface area contributed by atoms with Crippen molar-refractivity contribution in [3.05, 3.63) is 42.2 Å². The summed E-state index contributed by atoms with van der Waals surface area (Å²) in [5.74, 6) is 0.182. The van der Waals surface area contributed by atoms with Crippen LogP contribution >= 0.6 is 0 Å². The lowest BCUT2D eigenvalue weighted by Crippen LogP contribution is -2.02. The fourth-order valence-corrected chi connectivity index (χ4v) is 1.67. The zero-order valence-electron chi connectivity index (χ0n) is 11.0. The number of pyridine rings is 1. The van der Waals surface area contributed by atoms with E-state index in [0.29, 0.717) is 17.2 Å². The molecular weight excluding hydrogens is 262 g/mol. The van der Waals surface area contributed by atoms with Crippen LogP contribution in [0.3, 0.4) is 0 Å². The molecule has 1 aromatic heterocycles. The van der Waals surface area contributed by atoms with Gasteiger partial charge in [-0.05, 0) is 18.2 Å². The molecule has 1 heterocycles. The number of ether oxygens (including phenoxy) is 3. The van der Waals surface area contributed by atoms with E-state index >= 15 is 0 Å². The van der Waals surface area contributed by atoms with E-state index in [0.717, 1.165) is 0 Å². The Morgan fingerprint density at radius 2 is 1.75 bits per heavy atom. The number of hydrogen-bond acceptors (Lipinski definition) is 5. The lowest BCUT2D eigenvalue weighted by Gasteiger charge is -2.14. The van der Waals surface area contributed by atoms with Crippen molar-refractivity contribution in [1.82, 2.24) is 4.98 Å². The Bertz CT molecular complexity index is 604. The summed E-state index contributed by atoms with van der Waals surface area (Å²) in [4.78, 5) is 15.0. The van der Waals surface area contributed by atoms with Gasteiger partial charge in [0.1, 0.15) is 5.56 Å². The summed E-state index contributed by atoms with van der Waals surface area (Å²) in [5, 5.41) is 9.13. The molecular formula is C14H13NO5. The average molecular weight is 275 g/mol. The van der Waals surface area contributed by atoms with E-state index < -0.39 is 5.97 Å². The molecule has 1 N–H and O–H groups in total. The fourth-order valence-electron chi connectivity index (χ4n) is 1.67. The number of methoxy groups -OCH3 is 2. The molecule has 0 saturated heterocycles. The van der Waals surface area contributed by atoms with Crippen molar-refractivity contribution in [3.8, 4) is 23.0 Å². The van der Waals surface area contributed by atoms with Crippen molar-refractivity contribution in [2.45, 2.75) is 0 Å². The molecule has 6 nitrogen and oxygen atoms in total. The number of nitrogens with zero attached hydrogens (tertiary/aromatic N) is 1. The van der Waals surface area contributed by atoms with Crippen LogP contribution in [0.1, 0.15) is 10.4 Å². The molecule has 0 aliphatic heterocycles. The van der Waals surface area contributed by atoms with Gasteiger partial charge >= 0.3 is 5.97 Å². The van der Waals surface area contributed by atoms with Crippen molar-refractivity contribution in [1.29, 1.82) is 0 Å². The summed E-state index contributed by atoms with van der Waals surface area (Å²) < 4.78 is 16.0. The molecule has 0 fully saturated rings. The number of benzene rings is 1. The normalized spacial score (nSPS) is 9.90. The van der Waals surface area contributed by atoms with E-state index in [2.05, 4.69) is 4.98 Å². The van der Waals surface area contributed by atoms with E-state index in [1.807, 2.05) is 0 Å². The number of aromatic nitrogens is 1. The van der Waals surface area contributed by atoms with E-state index in [-0.39, 0.29) is 11.3 Å². The van der Waals surface area contributed by atoms with E-state index in [1.54, 1.807) is 18.2 Å². The van der Waals surface area contributed by atoms with Crippen molar-refractivity contribution >= 4 is 5.97 Å². The van der Waals surface area contributed by atoms with Crippen LogP contribution in [-0.2, 0) is 0 Å². The second-order valence-electron chi connectivity index (χ2n) is 3.77. The van der Waals surface area contributed by atoms with Crippen LogP contribution in [0.2, 0.25) is 0 Å². The Kier molecular flexibility index (Phi) is 4.05. The molecule has 2 rings (SSSR count). The Labute approximate surface area is 115 Å². The molecule has 0 amide bonds. The van der Waals surface area contributed by atoms with Crippen LogP contribution in [0.15, 0.2) is 36.7 Å². The average Bonchev–Trinajstić information content (AvgIpc) is 2.47. The lowest BCUT2D eigenvalue weighted by molar-refractivity contribution is 0.0693. The number of carboxylic acid groups (broad SMARTS) is 1. The van der Waals surface area contributed by atoms with Crippen LogP contribution in [0.4, 0.5) is 0 Å². The number of hydrogen-bond donors (Lipinski definition) is 1. The van der Waals surface area contributed by atoms with Crippen molar-refractivity contribution < 1.29 is 24.1 Å². The van der Waals surface area contributed by atoms with Crippen molar-refractivity contribution in [2.75, 3.05) is 14.2 Å². The highest BCUT2D eigenvalue weighted by Crippen LogP contribution is 2.40. The molecule has 0 unspecified atom stereocenters. The summed E-state index contributed by atoms with van der Waals surface area (Å²) in [6, 6.07) is 6.48. The quantitative estimate of drug-likeness (QED) is 0.903. The highest BCUT2D eigenvalue weighted by Gasteiger charge is 2.17. The second-order valence-corrected chi connectivity index (χ2v) is 3.77. The maximum Gasteiger partial charge on any atom is 0.339 e. The van der Waals surface area contributed by atoms with Gasteiger partial charge in [-0.3, -0.25) is 4.98 Å². The van der Waals surface area contributed by atoms with Gasteiger partial charge in [-0.2, -0.15) is 0 Å². The second kappa shape index (κ2) is 5.92. The predicted octanol–water partition coefficient (Wildman–Crippen LogP) is 2.59. The number of rotatable bonds is 5. The minimum absolute atomic E-state index is 0.00737. The monoisotopic (exact) mass is 275 g/mol. The van der Waals surface area contributed by atoms with Gasteiger partial charge in [-0.25, -0.2) is 4.79 Å². The van der Waals surface area contributed by atoms with Crippen molar-refractivity contribution in [2.24, 2.45) is 0 Å². The smallest absolute Gasteiger partial charge is 0.339 e. The van der Waals surface area contributed by atoms with Gasteiger partial charge in [0.25, 0.3) is 0 Å². The minimum Gasteiger partial charge on any atom is -0.493 e. The fraction of sp³-hybridized carbons (Fsp3) is 0.143. The summed E-state index contributed by atoms with van der Waals surface area (Å²) in [5.41, 5.74) is 0.00737. The zero-order valence-corrected chi connectivity index (χ0v) is 11.0. The van der Waals surface area contributed by atoms with Gasteiger partial charge in [0.05, 0.1) is 20.4 Å². The molecule has 104 valence electrons. The van der Waals surface area contributed by atoms with Gasteiger partial charge in [0.15, 0.2) is 17.2 Å². The van der Waals surface area contributed by atoms with Gasteiger partial charge in [0, 0.05) is 6.20 Å². The number of carbonyl (C=O) groups is 1.